The van der Waals surface area contributed by atoms with Crippen LogP contribution in [0.15, 0.2) is 33.6 Å². The first-order valence-electron chi connectivity index (χ1n) is 5.24. The molecule has 0 amide bonds. The maximum absolute atomic E-state index is 5.85. The minimum atomic E-state index is 0.328. The van der Waals surface area contributed by atoms with Gasteiger partial charge in [0.25, 0.3) is 0 Å². The van der Waals surface area contributed by atoms with Gasteiger partial charge >= 0.3 is 0 Å². The Morgan fingerprint density at radius 2 is 2.41 bits per heavy atom. The lowest BCUT2D eigenvalue weighted by Crippen LogP contribution is -2.18. The van der Waals surface area contributed by atoms with Crippen LogP contribution in [0.4, 0.5) is 5.82 Å². The van der Waals surface area contributed by atoms with E-state index < -0.39 is 0 Å². The van der Waals surface area contributed by atoms with Crippen LogP contribution in [-0.4, -0.2) is 11.0 Å². The molecule has 0 aliphatic heterocycles. The average molecular weight is 332 g/mol. The van der Waals surface area contributed by atoms with E-state index in [9.17, 15) is 0 Å². The first-order valence-corrected chi connectivity index (χ1v) is 7.35. The molecule has 1 atom stereocenters. The second kappa shape index (κ2) is 5.85. The molecule has 2 rings (SSSR count). The molecule has 2 aromatic heterocycles. The first kappa shape index (κ1) is 12.9. The molecule has 0 aliphatic rings. The molecule has 2 nitrogen and oxygen atoms in total. The van der Waals surface area contributed by atoms with Crippen molar-refractivity contribution in [2.24, 2.45) is 0 Å². The van der Waals surface area contributed by atoms with Crippen molar-refractivity contribution < 1.29 is 0 Å². The zero-order chi connectivity index (χ0) is 12.3. The van der Waals surface area contributed by atoms with Gasteiger partial charge in [0, 0.05) is 12.2 Å². The molecule has 2 aromatic rings. The number of hydrogen-bond acceptors (Lipinski definition) is 3. The lowest BCUT2D eigenvalue weighted by molar-refractivity contribution is 0.786. The summed E-state index contributed by atoms with van der Waals surface area (Å²) in [4.78, 5) is 4.26. The monoisotopic (exact) mass is 330 g/mol. The van der Waals surface area contributed by atoms with E-state index in [-0.39, 0.29) is 0 Å². The van der Waals surface area contributed by atoms with Gasteiger partial charge in [0.2, 0.25) is 0 Å². The number of rotatable bonds is 4. The van der Waals surface area contributed by atoms with Gasteiger partial charge in [-0.1, -0.05) is 11.6 Å². The van der Waals surface area contributed by atoms with Crippen LogP contribution in [0, 0.1) is 0 Å². The Morgan fingerprint density at radius 3 is 3.06 bits per heavy atom. The SMILES string of the molecule is CC(Cc1ccsc1)Nc1ncc(Cl)cc1Br. The molecule has 0 radical (unpaired) electrons. The lowest BCUT2D eigenvalue weighted by Gasteiger charge is -2.14. The number of halogens is 2. The van der Waals surface area contributed by atoms with Gasteiger partial charge in [0.15, 0.2) is 0 Å². The number of aromatic nitrogens is 1. The van der Waals surface area contributed by atoms with Crippen molar-refractivity contribution in [1.29, 1.82) is 0 Å². The Morgan fingerprint density at radius 1 is 1.59 bits per heavy atom. The molecule has 17 heavy (non-hydrogen) atoms. The summed E-state index contributed by atoms with van der Waals surface area (Å²) in [5, 5.41) is 8.26. The zero-order valence-electron chi connectivity index (χ0n) is 9.28. The largest absolute Gasteiger partial charge is 0.366 e. The van der Waals surface area contributed by atoms with Crippen molar-refractivity contribution in [3.8, 4) is 0 Å². The molecule has 0 saturated heterocycles. The Bertz CT molecular complexity index is 487. The van der Waals surface area contributed by atoms with Gasteiger partial charge in [-0.3, -0.25) is 0 Å². The predicted molar refractivity (Wildman–Crippen MR) is 78.1 cm³/mol. The molecule has 0 fully saturated rings. The lowest BCUT2D eigenvalue weighted by atomic mass is 10.1. The van der Waals surface area contributed by atoms with Crippen LogP contribution in [0.3, 0.4) is 0 Å². The van der Waals surface area contributed by atoms with Gasteiger partial charge in [-0.15, -0.1) is 0 Å². The smallest absolute Gasteiger partial charge is 0.140 e. The molecule has 0 aromatic carbocycles. The molecule has 1 unspecified atom stereocenters. The van der Waals surface area contributed by atoms with Gasteiger partial charge < -0.3 is 5.32 Å². The highest BCUT2D eigenvalue weighted by atomic mass is 79.9. The summed E-state index contributed by atoms with van der Waals surface area (Å²) in [6, 6.07) is 4.32. The molecule has 0 spiro atoms. The number of hydrogen-bond donors (Lipinski definition) is 1. The molecule has 5 heteroatoms. The molecule has 1 N–H and O–H groups in total. The van der Waals surface area contributed by atoms with E-state index in [1.165, 1.54) is 5.56 Å². The fourth-order valence-corrected chi connectivity index (χ4v) is 3.00. The summed E-state index contributed by atoms with van der Waals surface area (Å²) >= 11 is 11.0. The number of nitrogens with zero attached hydrogens (tertiary/aromatic N) is 1. The maximum Gasteiger partial charge on any atom is 0.140 e. The standard InChI is InChI=1S/C12H12BrClN2S/c1-8(4-9-2-3-17-7-9)16-12-11(13)5-10(14)6-15-12/h2-3,5-8H,4H2,1H3,(H,15,16). The van der Waals surface area contributed by atoms with E-state index in [0.29, 0.717) is 11.1 Å². The topological polar surface area (TPSA) is 24.9 Å². The summed E-state index contributed by atoms with van der Waals surface area (Å²) in [5.74, 6) is 0.831. The zero-order valence-corrected chi connectivity index (χ0v) is 12.4. The number of pyridine rings is 1. The summed E-state index contributed by atoms with van der Waals surface area (Å²) < 4.78 is 0.891. The van der Waals surface area contributed by atoms with Crippen LogP contribution in [0.2, 0.25) is 5.02 Å². The molecule has 0 saturated carbocycles. The quantitative estimate of drug-likeness (QED) is 0.885. The van der Waals surface area contributed by atoms with Gasteiger partial charge in [-0.2, -0.15) is 11.3 Å². The molecule has 2 heterocycles. The Labute approximate surface area is 118 Å². The highest BCUT2D eigenvalue weighted by Crippen LogP contribution is 2.24. The number of anilines is 1. The van der Waals surface area contributed by atoms with Crippen molar-refractivity contribution in [2.75, 3.05) is 5.32 Å². The predicted octanol–water partition coefficient (Wildman–Crippen LogP) is 4.60. The third kappa shape index (κ3) is 3.69. The normalized spacial score (nSPS) is 12.4. The van der Waals surface area contributed by atoms with E-state index in [1.807, 2.05) is 6.07 Å². The van der Waals surface area contributed by atoms with Crippen molar-refractivity contribution in [3.05, 3.63) is 44.1 Å². The van der Waals surface area contributed by atoms with Crippen LogP contribution in [-0.2, 0) is 6.42 Å². The maximum atomic E-state index is 5.85. The molecule has 90 valence electrons. The first-order chi connectivity index (χ1) is 8.15. The van der Waals surface area contributed by atoms with Gasteiger partial charge in [0.1, 0.15) is 5.82 Å². The molecular weight excluding hydrogens is 320 g/mol. The van der Waals surface area contributed by atoms with Crippen LogP contribution in [0.1, 0.15) is 12.5 Å². The van der Waals surface area contributed by atoms with Crippen LogP contribution >= 0.6 is 38.9 Å². The van der Waals surface area contributed by atoms with Crippen LogP contribution in [0.5, 0.6) is 0 Å². The van der Waals surface area contributed by atoms with Gasteiger partial charge in [-0.05, 0) is 57.7 Å². The second-order valence-corrected chi connectivity index (χ2v) is 5.94. The van der Waals surface area contributed by atoms with Gasteiger partial charge in [-0.25, -0.2) is 4.98 Å². The van der Waals surface area contributed by atoms with Crippen molar-refractivity contribution >= 4 is 44.7 Å². The Kier molecular flexibility index (Phi) is 4.42. The van der Waals surface area contributed by atoms with E-state index in [2.05, 4.69) is 50.0 Å². The Balaban J connectivity index is 2.00. The number of thiophene rings is 1. The Hall–Kier alpha value is -0.580. The molecule has 0 aliphatic carbocycles. The average Bonchev–Trinajstić information content (AvgIpc) is 2.75. The van der Waals surface area contributed by atoms with E-state index in [0.717, 1.165) is 16.7 Å². The fraction of sp³-hybridized carbons (Fsp3) is 0.250. The van der Waals surface area contributed by atoms with Crippen molar-refractivity contribution in [3.63, 3.8) is 0 Å². The summed E-state index contributed by atoms with van der Waals surface area (Å²) in [5.41, 5.74) is 1.35. The fourth-order valence-electron chi connectivity index (χ4n) is 1.57. The summed E-state index contributed by atoms with van der Waals surface area (Å²) in [6.45, 7) is 2.14. The van der Waals surface area contributed by atoms with Gasteiger partial charge in [0.05, 0.1) is 9.50 Å². The van der Waals surface area contributed by atoms with Crippen molar-refractivity contribution in [1.82, 2.24) is 4.98 Å². The van der Waals surface area contributed by atoms with E-state index >= 15 is 0 Å². The molecule has 0 bridgehead atoms. The number of nitrogens with one attached hydrogen (secondary N) is 1. The van der Waals surface area contributed by atoms with Crippen LogP contribution < -0.4 is 5.32 Å². The van der Waals surface area contributed by atoms with E-state index in [4.69, 9.17) is 11.6 Å². The third-order valence-electron chi connectivity index (χ3n) is 2.31. The minimum Gasteiger partial charge on any atom is -0.366 e. The minimum absolute atomic E-state index is 0.328. The third-order valence-corrected chi connectivity index (χ3v) is 3.86. The highest BCUT2D eigenvalue weighted by molar-refractivity contribution is 9.10. The van der Waals surface area contributed by atoms with E-state index in [1.54, 1.807) is 17.5 Å². The van der Waals surface area contributed by atoms with Crippen molar-refractivity contribution in [2.45, 2.75) is 19.4 Å². The summed E-state index contributed by atoms with van der Waals surface area (Å²) in [7, 11) is 0. The highest BCUT2D eigenvalue weighted by Gasteiger charge is 2.08. The second-order valence-electron chi connectivity index (χ2n) is 3.87. The van der Waals surface area contributed by atoms with Crippen LogP contribution in [0.25, 0.3) is 0 Å². The molecular formula is C12H12BrClN2S. The summed E-state index contributed by atoms with van der Waals surface area (Å²) in [6.07, 6.45) is 2.63.